The number of aryl methyl sites for hydroxylation is 2. The summed E-state index contributed by atoms with van der Waals surface area (Å²) < 4.78 is 76.1. The number of pyridine rings is 4. The van der Waals surface area contributed by atoms with Gasteiger partial charge in [0.2, 0.25) is 0 Å². The van der Waals surface area contributed by atoms with Crippen LogP contribution in [0.2, 0.25) is 0 Å². The fraction of sp³-hybridized carbons (Fsp3) is 0.258. The molecular formula is C89H93F3N24O16. The number of aromatic amines is 1. The monoisotopic (exact) mass is 1810 g/mol. The Bertz CT molecular complexity index is 6360. The SMILES string of the molecule is CC(C)(O)Cn1cc(NC(=O)c2ccc(-c3cn[nH]c3)o2)c(-c2ccccn2)n1.CCOCCn1cc(NC(=O)c2ccc(-c3cnn(C(=O)OC(C)(C)C)c3)o2)c(-c2ccccn2)n1.Cn1cc(-c2ccc(C(=O)Nc3cn(CC(C)(C)O)nc3-c3ccccn3)o2)cn1.Cn1cc(-c2ccc(C(=O)Nc3cn(CC(C)(C)O)nc3-c3ccccn3)o2)cn1.O=C(O)C(F)(F)F. The number of aromatic nitrogens is 20. The number of hydrogen-bond acceptors (Lipinski definition) is 27. The molecule has 0 radical (unpaired) electrons. The highest BCUT2D eigenvalue weighted by Gasteiger charge is 2.38. The van der Waals surface area contributed by atoms with Crippen molar-refractivity contribution < 1.29 is 89.5 Å². The molecule has 0 aliphatic heterocycles. The van der Waals surface area contributed by atoms with Crippen molar-refractivity contribution in [1.82, 2.24) is 98.6 Å². The zero-order valence-corrected chi connectivity index (χ0v) is 73.3. The minimum Gasteiger partial charge on any atom is -0.475 e. The lowest BCUT2D eigenvalue weighted by Crippen LogP contribution is -2.27. The number of aliphatic hydroxyl groups is 3. The van der Waals surface area contributed by atoms with Crippen LogP contribution in [-0.4, -0.2) is 197 Å². The van der Waals surface area contributed by atoms with E-state index < -0.39 is 64.3 Å². The standard InChI is InChI=1S/C25H28N6O5.2C21H22N6O3.C20H20N6O3.C2HF3O2/c1-5-34-13-12-30-16-19(22(29-30)18-8-6-7-11-26-18)28-23(32)21-10-9-20(35-21)17-14-27-31(15-17)24(33)36-25(2,3)4;2*1-21(2,29)13-27-12-16(19(25-27)15-6-4-5-9-22-15)24-20(28)18-8-7-17(30-18)14-10-23-26(3)11-14;1-20(2,28)12-26-11-15(18(25-26)14-5-3-4-8-21-14)24-19(27)17-7-6-16(29-17)13-9-22-23-10-13;3-2(4,5)1(6)7/h6-11,14-16H,5,12-13H2,1-4H3,(H,28,32);2*4-12,29H,13H2,1-3H3,(H,24,28);3-11,28H,12H2,1-2H3,(H,22,23)(H,24,27);(H,6,7). The maximum Gasteiger partial charge on any atom is 0.490 e. The van der Waals surface area contributed by atoms with Crippen molar-refractivity contribution in [3.8, 4) is 90.8 Å². The highest BCUT2D eigenvalue weighted by Crippen LogP contribution is 2.34. The van der Waals surface area contributed by atoms with E-state index in [4.69, 9.17) is 37.0 Å². The number of carboxylic acids is 1. The molecule has 132 heavy (non-hydrogen) atoms. The van der Waals surface area contributed by atoms with Gasteiger partial charge in [-0.2, -0.15) is 58.6 Å². The molecule has 0 unspecified atom stereocenters. The van der Waals surface area contributed by atoms with Gasteiger partial charge in [0.05, 0.1) is 142 Å². The van der Waals surface area contributed by atoms with Crippen molar-refractivity contribution in [3.63, 3.8) is 0 Å². The molecule has 16 aromatic rings. The Kier molecular flexibility index (Phi) is 29.7. The first-order valence-corrected chi connectivity index (χ1v) is 40.5. The summed E-state index contributed by atoms with van der Waals surface area (Å²) in [5, 5.41) is 85.8. The van der Waals surface area contributed by atoms with Gasteiger partial charge in [0.15, 0.2) is 23.0 Å². The van der Waals surface area contributed by atoms with Crippen molar-refractivity contribution in [3.05, 3.63) is 244 Å². The van der Waals surface area contributed by atoms with Crippen LogP contribution >= 0.6 is 0 Å². The molecule has 9 N–H and O–H groups in total. The van der Waals surface area contributed by atoms with E-state index in [0.717, 1.165) is 21.4 Å². The summed E-state index contributed by atoms with van der Waals surface area (Å²) in [5.74, 6) is -1.87. The average Bonchev–Trinajstić information content (AvgIpc) is 1.67. The Morgan fingerprint density at radius 1 is 0.424 bits per heavy atom. The Balaban J connectivity index is 0.000000155. The molecule has 0 saturated carbocycles. The van der Waals surface area contributed by atoms with E-state index in [9.17, 15) is 52.5 Å². The number of ether oxygens (including phenoxy) is 2. The number of carbonyl (C=O) groups excluding carboxylic acids is 5. The number of amides is 4. The fourth-order valence-electron chi connectivity index (χ4n) is 12.2. The van der Waals surface area contributed by atoms with Crippen molar-refractivity contribution in [2.75, 3.05) is 34.5 Å². The first-order chi connectivity index (χ1) is 62.6. The summed E-state index contributed by atoms with van der Waals surface area (Å²) in [5.41, 5.74) is 5.71. The van der Waals surface area contributed by atoms with Gasteiger partial charge in [-0.05, 0) is 166 Å². The Hall–Kier alpha value is -16.2. The second-order valence-corrected chi connectivity index (χ2v) is 32.1. The summed E-state index contributed by atoms with van der Waals surface area (Å²) >= 11 is 0. The van der Waals surface area contributed by atoms with Crippen LogP contribution in [0.4, 0.5) is 40.7 Å². The molecule has 43 heteroatoms. The van der Waals surface area contributed by atoms with Crippen LogP contribution in [0.25, 0.3) is 90.8 Å². The van der Waals surface area contributed by atoms with E-state index in [1.807, 2.05) is 57.4 Å². The van der Waals surface area contributed by atoms with Gasteiger partial charge in [-0.15, -0.1) is 0 Å². The molecule has 0 aliphatic carbocycles. The van der Waals surface area contributed by atoms with E-state index in [2.05, 4.69) is 87.1 Å². The molecule has 0 atom stereocenters. The number of anilines is 4. The van der Waals surface area contributed by atoms with E-state index in [1.54, 1.807) is 262 Å². The van der Waals surface area contributed by atoms with Crippen LogP contribution in [0.5, 0.6) is 0 Å². The van der Waals surface area contributed by atoms with Gasteiger partial charge >= 0.3 is 18.2 Å². The van der Waals surface area contributed by atoms with Crippen molar-refractivity contribution in [1.29, 1.82) is 0 Å². The van der Waals surface area contributed by atoms with Crippen LogP contribution in [0.15, 0.2) is 238 Å². The summed E-state index contributed by atoms with van der Waals surface area (Å²) in [6.07, 6.45) is 20.9. The highest BCUT2D eigenvalue weighted by atomic mass is 19.4. The van der Waals surface area contributed by atoms with Crippen LogP contribution in [-0.2, 0) is 54.5 Å². The fourth-order valence-corrected chi connectivity index (χ4v) is 12.2. The molecular weight excluding hydrogens is 1720 g/mol. The first-order valence-electron chi connectivity index (χ1n) is 40.5. The van der Waals surface area contributed by atoms with Crippen molar-refractivity contribution in [2.24, 2.45) is 14.1 Å². The summed E-state index contributed by atoms with van der Waals surface area (Å²) in [7, 11) is 3.62. The molecule has 16 aromatic heterocycles. The number of alkyl halides is 3. The number of nitrogens with zero attached hydrogens (tertiary/aromatic N) is 19. The zero-order valence-electron chi connectivity index (χ0n) is 73.3. The quantitative estimate of drug-likeness (QED) is 0.0227. The van der Waals surface area contributed by atoms with Gasteiger partial charge in [-0.3, -0.25) is 72.3 Å². The Morgan fingerprint density at radius 3 is 1.02 bits per heavy atom. The third-order valence-electron chi connectivity index (χ3n) is 17.8. The lowest BCUT2D eigenvalue weighted by molar-refractivity contribution is -0.192. The topological polar surface area (TPSA) is 507 Å². The molecule has 686 valence electrons. The number of aliphatic carboxylic acids is 1. The largest absolute Gasteiger partial charge is 0.490 e. The lowest BCUT2D eigenvalue weighted by atomic mass is 10.1. The number of nitrogens with one attached hydrogen (secondary N) is 5. The second kappa shape index (κ2) is 41.3. The molecule has 16 rings (SSSR count). The molecule has 40 nitrogen and oxygen atoms in total. The summed E-state index contributed by atoms with van der Waals surface area (Å²) in [6.45, 7) is 19.8. The third kappa shape index (κ3) is 26.7. The number of carboxylic acid groups (broad SMARTS) is 1. The first kappa shape index (κ1) is 95.0. The zero-order chi connectivity index (χ0) is 94.8. The number of halogens is 3. The molecule has 0 aliphatic rings. The second-order valence-electron chi connectivity index (χ2n) is 32.1. The Morgan fingerprint density at radius 2 is 0.742 bits per heavy atom. The molecule has 0 aromatic carbocycles. The minimum absolute atomic E-state index is 0.0871. The lowest BCUT2D eigenvalue weighted by Gasteiger charge is -2.18. The van der Waals surface area contributed by atoms with Gasteiger partial charge in [0.1, 0.15) is 51.4 Å². The van der Waals surface area contributed by atoms with Crippen LogP contribution in [0.1, 0.15) is 111 Å². The van der Waals surface area contributed by atoms with Gasteiger partial charge in [0.25, 0.3) is 23.6 Å². The van der Waals surface area contributed by atoms with Crippen LogP contribution in [0, 0.1) is 0 Å². The van der Waals surface area contributed by atoms with Gasteiger partial charge in [-0.25, -0.2) is 9.59 Å². The maximum atomic E-state index is 13.0. The number of furan rings is 4. The molecule has 4 amide bonds. The normalized spacial score (nSPS) is 11.5. The third-order valence-corrected chi connectivity index (χ3v) is 17.8. The molecule has 0 bridgehead atoms. The van der Waals surface area contributed by atoms with E-state index in [1.165, 1.54) is 12.4 Å². The van der Waals surface area contributed by atoms with E-state index in [0.29, 0.717) is 117 Å². The predicted molar refractivity (Wildman–Crippen MR) is 472 cm³/mol. The number of hydrogen-bond donors (Lipinski definition) is 9. The minimum atomic E-state index is -5.08. The number of H-pyrrole nitrogens is 1. The van der Waals surface area contributed by atoms with Gasteiger partial charge in [0, 0.05) is 95.1 Å². The summed E-state index contributed by atoms with van der Waals surface area (Å²) in [4.78, 5) is 89.8. The molecule has 0 fully saturated rings. The van der Waals surface area contributed by atoms with E-state index in [-0.39, 0.29) is 42.7 Å². The van der Waals surface area contributed by atoms with E-state index >= 15 is 0 Å². The van der Waals surface area contributed by atoms with Crippen LogP contribution < -0.4 is 21.3 Å². The molecule has 0 spiro atoms. The van der Waals surface area contributed by atoms with Crippen molar-refractivity contribution in [2.45, 2.75) is 124 Å². The van der Waals surface area contributed by atoms with Gasteiger partial charge in [-0.1, -0.05) is 24.3 Å². The van der Waals surface area contributed by atoms with Crippen molar-refractivity contribution >= 4 is 58.4 Å². The summed E-state index contributed by atoms with van der Waals surface area (Å²) in [6, 6.07) is 35.0. The number of rotatable bonds is 26. The predicted octanol–water partition coefficient (Wildman–Crippen LogP) is 14.0. The average molecular weight is 1810 g/mol. The Labute approximate surface area is 750 Å². The smallest absolute Gasteiger partial charge is 0.475 e. The van der Waals surface area contributed by atoms with Crippen LogP contribution in [0.3, 0.4) is 0 Å². The van der Waals surface area contributed by atoms with Gasteiger partial charge < -0.3 is 68.8 Å². The maximum absolute atomic E-state index is 13.0. The number of carbonyl (C=O) groups is 6. The highest BCUT2D eigenvalue weighted by molar-refractivity contribution is 6.07. The molecule has 16 heterocycles. The molecule has 0 saturated heterocycles.